The van der Waals surface area contributed by atoms with Gasteiger partial charge in [0.15, 0.2) is 0 Å². The van der Waals surface area contributed by atoms with Crippen molar-refractivity contribution in [2.75, 3.05) is 19.6 Å². The molecule has 0 aromatic heterocycles. The molecule has 0 fully saturated rings. The van der Waals surface area contributed by atoms with Crippen LogP contribution >= 0.6 is 23.2 Å². The summed E-state index contributed by atoms with van der Waals surface area (Å²) in [6, 6.07) is 2.09. The normalized spacial score (nSPS) is 11.8. The number of rotatable bonds is 5. The fourth-order valence-corrected chi connectivity index (χ4v) is 1.04. The average molecular weight is 207 g/mol. The number of likely N-dealkylation sites (N-methyl/N-ethyl adjacent to an activating group) is 1. The number of nitriles is 1. The Morgan fingerprint density at radius 2 is 2.33 bits per heavy atom. The summed E-state index contributed by atoms with van der Waals surface area (Å²) >= 11 is 11.1. The van der Waals surface area contributed by atoms with E-state index in [9.17, 15) is 0 Å². The molecule has 0 unspecified atom stereocenters. The minimum atomic E-state index is 0.528. The lowest BCUT2D eigenvalue weighted by Crippen LogP contribution is -2.25. The number of hydrogen-bond donors (Lipinski definition) is 0. The van der Waals surface area contributed by atoms with E-state index < -0.39 is 0 Å². The molecule has 2 nitrogen and oxygen atoms in total. The lowest BCUT2D eigenvalue weighted by atomic mass is 10.4. The van der Waals surface area contributed by atoms with E-state index in [1.807, 2.05) is 6.92 Å². The largest absolute Gasteiger partial charge is 0.297 e. The van der Waals surface area contributed by atoms with Crippen molar-refractivity contribution in [3.05, 3.63) is 10.6 Å². The summed E-state index contributed by atoms with van der Waals surface area (Å²) in [5, 5.41) is 8.96. The summed E-state index contributed by atoms with van der Waals surface area (Å²) in [5.74, 6) is 0. The third kappa shape index (κ3) is 5.42. The minimum Gasteiger partial charge on any atom is -0.297 e. The van der Waals surface area contributed by atoms with Crippen molar-refractivity contribution in [2.24, 2.45) is 0 Å². The summed E-state index contributed by atoms with van der Waals surface area (Å²) in [7, 11) is 0. The van der Waals surface area contributed by atoms with Crippen LogP contribution in [0.5, 0.6) is 0 Å². The highest BCUT2D eigenvalue weighted by molar-refractivity contribution is 6.36. The number of hydrogen-bond acceptors (Lipinski definition) is 2. The Kier molecular flexibility index (Phi) is 7.28. The van der Waals surface area contributed by atoms with Crippen LogP contribution in [0.15, 0.2) is 10.6 Å². The van der Waals surface area contributed by atoms with E-state index in [1.165, 1.54) is 5.54 Å². The van der Waals surface area contributed by atoms with Crippen LogP contribution in [-0.2, 0) is 0 Å². The maximum Gasteiger partial charge on any atom is 0.0635 e. The van der Waals surface area contributed by atoms with Gasteiger partial charge < -0.3 is 0 Å². The van der Waals surface area contributed by atoms with Crippen molar-refractivity contribution in [3.8, 4) is 6.07 Å². The van der Waals surface area contributed by atoms with E-state index in [1.54, 1.807) is 0 Å². The van der Waals surface area contributed by atoms with Gasteiger partial charge in [0.05, 0.1) is 6.07 Å². The predicted octanol–water partition coefficient (Wildman–Crippen LogP) is 2.54. The third-order valence-corrected chi connectivity index (χ3v) is 2.08. The molecule has 0 heterocycles. The molecule has 4 heteroatoms. The SMILES string of the molecule is CCN(CCC#N)CC(Cl)=CCl. The van der Waals surface area contributed by atoms with Gasteiger partial charge in [-0.25, -0.2) is 0 Å². The first-order valence-electron chi connectivity index (χ1n) is 3.78. The molecule has 0 aliphatic rings. The van der Waals surface area contributed by atoms with E-state index in [2.05, 4.69) is 11.0 Å². The van der Waals surface area contributed by atoms with E-state index in [4.69, 9.17) is 28.5 Å². The molecule has 0 rings (SSSR count). The second-order valence-corrected chi connectivity index (χ2v) is 3.04. The van der Waals surface area contributed by atoms with Gasteiger partial charge in [-0.1, -0.05) is 30.1 Å². The zero-order valence-electron chi connectivity index (χ0n) is 7.06. The summed E-state index contributed by atoms with van der Waals surface area (Å²) < 4.78 is 0. The first kappa shape index (κ1) is 11.8. The Morgan fingerprint density at radius 1 is 1.67 bits per heavy atom. The lowest BCUT2D eigenvalue weighted by Gasteiger charge is -2.17. The van der Waals surface area contributed by atoms with E-state index in [0.29, 0.717) is 18.0 Å². The highest BCUT2D eigenvalue weighted by Gasteiger charge is 2.02. The van der Waals surface area contributed by atoms with Gasteiger partial charge in [0.2, 0.25) is 0 Å². The molecular weight excluding hydrogens is 195 g/mol. The van der Waals surface area contributed by atoms with Gasteiger partial charge in [-0.05, 0) is 6.54 Å². The van der Waals surface area contributed by atoms with Crippen LogP contribution in [0.4, 0.5) is 0 Å². The first-order chi connectivity index (χ1) is 5.74. The molecule has 0 aliphatic carbocycles. The maximum atomic E-state index is 8.35. The molecule has 68 valence electrons. The fraction of sp³-hybridized carbons (Fsp3) is 0.625. The third-order valence-electron chi connectivity index (χ3n) is 1.48. The lowest BCUT2D eigenvalue weighted by molar-refractivity contribution is 0.324. The van der Waals surface area contributed by atoms with Crippen molar-refractivity contribution >= 4 is 23.2 Å². The minimum absolute atomic E-state index is 0.528. The summed E-state index contributed by atoms with van der Waals surface area (Å²) in [6.07, 6.45) is 0.528. The standard InChI is InChI=1S/C8H12Cl2N2/c1-2-12(5-3-4-11)7-8(10)6-9/h6H,2-3,5,7H2,1H3. The van der Waals surface area contributed by atoms with Crippen molar-refractivity contribution < 1.29 is 0 Å². The number of nitrogens with zero attached hydrogens (tertiary/aromatic N) is 2. The Morgan fingerprint density at radius 3 is 2.75 bits per heavy atom. The van der Waals surface area contributed by atoms with Gasteiger partial charge in [0.25, 0.3) is 0 Å². The molecule has 12 heavy (non-hydrogen) atoms. The molecular formula is C8H12Cl2N2. The zero-order valence-corrected chi connectivity index (χ0v) is 8.57. The molecule has 0 amide bonds. The Labute approximate surface area is 83.4 Å². The van der Waals surface area contributed by atoms with Gasteiger partial charge in [0, 0.05) is 30.1 Å². The molecule has 0 saturated heterocycles. The molecule has 0 radical (unpaired) electrons. The van der Waals surface area contributed by atoms with Gasteiger partial charge in [-0.15, -0.1) is 0 Å². The van der Waals surface area contributed by atoms with Crippen LogP contribution in [-0.4, -0.2) is 24.5 Å². The predicted molar refractivity (Wildman–Crippen MR) is 52.1 cm³/mol. The Hall–Kier alpha value is -0.230. The van der Waals surface area contributed by atoms with Crippen molar-refractivity contribution in [3.63, 3.8) is 0 Å². The van der Waals surface area contributed by atoms with Gasteiger partial charge >= 0.3 is 0 Å². The maximum absolute atomic E-state index is 8.35. The molecule has 0 bridgehead atoms. The quantitative estimate of drug-likeness (QED) is 0.692. The highest BCUT2D eigenvalue weighted by atomic mass is 35.5. The Bertz CT molecular complexity index is 184. The van der Waals surface area contributed by atoms with Gasteiger partial charge in [-0.2, -0.15) is 5.26 Å². The van der Waals surface area contributed by atoms with Crippen LogP contribution in [0.3, 0.4) is 0 Å². The molecule has 0 aromatic rings. The second-order valence-electron chi connectivity index (χ2n) is 2.33. The van der Waals surface area contributed by atoms with E-state index in [-0.39, 0.29) is 0 Å². The second kappa shape index (κ2) is 7.42. The number of halogens is 2. The highest BCUT2D eigenvalue weighted by Crippen LogP contribution is 2.06. The van der Waals surface area contributed by atoms with Gasteiger partial charge in [0.1, 0.15) is 0 Å². The molecule has 0 aliphatic heterocycles. The molecule has 0 N–H and O–H groups in total. The zero-order chi connectivity index (χ0) is 9.40. The Balaban J connectivity index is 3.76. The molecule has 0 spiro atoms. The smallest absolute Gasteiger partial charge is 0.0635 e. The summed E-state index contributed by atoms with van der Waals surface area (Å²) in [4.78, 5) is 2.06. The van der Waals surface area contributed by atoms with Crippen LogP contribution in [0.25, 0.3) is 0 Å². The first-order valence-corrected chi connectivity index (χ1v) is 4.60. The molecule has 0 aromatic carbocycles. The van der Waals surface area contributed by atoms with Gasteiger partial charge in [-0.3, -0.25) is 4.90 Å². The van der Waals surface area contributed by atoms with Crippen molar-refractivity contribution in [2.45, 2.75) is 13.3 Å². The fourth-order valence-electron chi connectivity index (χ4n) is 0.805. The monoisotopic (exact) mass is 206 g/mol. The summed E-state index contributed by atoms with van der Waals surface area (Å²) in [5.41, 5.74) is 1.36. The van der Waals surface area contributed by atoms with Crippen LogP contribution in [0.1, 0.15) is 13.3 Å². The van der Waals surface area contributed by atoms with Crippen LogP contribution in [0.2, 0.25) is 0 Å². The van der Waals surface area contributed by atoms with Crippen LogP contribution in [0, 0.1) is 11.3 Å². The van der Waals surface area contributed by atoms with Crippen molar-refractivity contribution in [1.29, 1.82) is 5.26 Å². The van der Waals surface area contributed by atoms with E-state index >= 15 is 0 Å². The summed E-state index contributed by atoms with van der Waals surface area (Å²) in [6.45, 7) is 4.27. The van der Waals surface area contributed by atoms with Crippen LogP contribution < -0.4 is 0 Å². The molecule has 0 saturated carbocycles. The van der Waals surface area contributed by atoms with E-state index in [0.717, 1.165) is 13.1 Å². The topological polar surface area (TPSA) is 27.0 Å². The average Bonchev–Trinajstić information content (AvgIpc) is 2.11. The van der Waals surface area contributed by atoms with Crippen molar-refractivity contribution in [1.82, 2.24) is 4.90 Å². The molecule has 0 atom stereocenters.